The minimum Gasteiger partial charge on any atom is -0.437 e. The van der Waals surface area contributed by atoms with Gasteiger partial charge in [-0.2, -0.15) is 0 Å². The lowest BCUT2D eigenvalue weighted by Crippen LogP contribution is -2.27. The van der Waals surface area contributed by atoms with Crippen molar-refractivity contribution in [1.29, 1.82) is 0 Å². The fourth-order valence-corrected chi connectivity index (χ4v) is 1.89. The molecule has 0 aliphatic heterocycles. The Balaban J connectivity index is 3.17. The molecule has 27 heavy (non-hydrogen) atoms. The van der Waals surface area contributed by atoms with Gasteiger partial charge in [0, 0.05) is 27.4 Å². The van der Waals surface area contributed by atoms with Gasteiger partial charge in [-0.15, -0.1) is 0 Å². The van der Waals surface area contributed by atoms with Crippen molar-refractivity contribution in [1.82, 2.24) is 0 Å². The summed E-state index contributed by atoms with van der Waals surface area (Å²) >= 11 is 0. The summed E-state index contributed by atoms with van der Waals surface area (Å²) in [5.41, 5.74) is 0. The summed E-state index contributed by atoms with van der Waals surface area (Å²) in [6.07, 6.45) is 0. The van der Waals surface area contributed by atoms with Crippen LogP contribution in [0, 0.1) is 6.07 Å². The predicted octanol–water partition coefficient (Wildman–Crippen LogP) is 2.52. The predicted molar refractivity (Wildman–Crippen MR) is 94.4 cm³/mol. The third kappa shape index (κ3) is 7.87. The van der Waals surface area contributed by atoms with Gasteiger partial charge < -0.3 is 42.6 Å². The second kappa shape index (κ2) is 13.5. The maximum Gasteiger partial charge on any atom is 0.315 e. The molecule has 1 aromatic rings. The van der Waals surface area contributed by atoms with Crippen LogP contribution in [0.25, 0.3) is 0 Å². The van der Waals surface area contributed by atoms with Crippen molar-refractivity contribution >= 4 is 0 Å². The maximum atomic E-state index is 5.77. The quantitative estimate of drug-likeness (QED) is 0.420. The largest absolute Gasteiger partial charge is 0.437 e. The van der Waals surface area contributed by atoms with Crippen LogP contribution in [-0.4, -0.2) is 60.6 Å². The highest BCUT2D eigenvalue weighted by Crippen LogP contribution is 2.39. The van der Waals surface area contributed by atoms with E-state index in [-0.39, 0.29) is 17.2 Å². The highest BCUT2D eigenvalue weighted by Gasteiger charge is 2.23. The molecule has 0 spiro atoms. The van der Waals surface area contributed by atoms with Gasteiger partial charge in [0.05, 0.1) is 19.8 Å². The third-order valence-electron chi connectivity index (χ3n) is 3.02. The number of hydrogen-bond acceptors (Lipinski definition) is 9. The van der Waals surface area contributed by atoms with Gasteiger partial charge >= 0.3 is 19.4 Å². The Bertz CT molecular complexity index is 477. The van der Waals surface area contributed by atoms with E-state index in [0.29, 0.717) is 19.8 Å². The van der Waals surface area contributed by atoms with Gasteiger partial charge in [-0.1, -0.05) is 0 Å². The Kier molecular flexibility index (Phi) is 11.7. The first-order valence-electron chi connectivity index (χ1n) is 8.61. The van der Waals surface area contributed by atoms with Gasteiger partial charge in [0.1, 0.15) is 0 Å². The van der Waals surface area contributed by atoms with Crippen LogP contribution in [0.4, 0.5) is 0 Å². The molecule has 0 heterocycles. The Hall–Kier alpha value is -1.62. The second-order valence-electron chi connectivity index (χ2n) is 4.79. The zero-order valence-electron chi connectivity index (χ0n) is 16.7. The Morgan fingerprint density at radius 2 is 1.22 bits per heavy atom. The van der Waals surface area contributed by atoms with E-state index in [1.807, 2.05) is 20.8 Å². The second-order valence-corrected chi connectivity index (χ2v) is 4.79. The van der Waals surface area contributed by atoms with E-state index in [2.05, 4.69) is 6.07 Å². The molecule has 0 fully saturated rings. The van der Waals surface area contributed by atoms with Crippen LogP contribution >= 0.6 is 0 Å². The lowest BCUT2D eigenvalue weighted by atomic mass is 10.3. The molecule has 0 saturated heterocycles. The minimum atomic E-state index is -0.989. The summed E-state index contributed by atoms with van der Waals surface area (Å²) in [7, 11) is 4.36. The van der Waals surface area contributed by atoms with Gasteiger partial charge in [-0.05, 0) is 32.9 Å². The highest BCUT2D eigenvalue weighted by molar-refractivity contribution is 5.50. The van der Waals surface area contributed by atoms with Crippen LogP contribution in [0.15, 0.2) is 12.1 Å². The molecule has 3 atom stereocenters. The molecule has 3 unspecified atom stereocenters. The van der Waals surface area contributed by atoms with E-state index in [9.17, 15) is 0 Å². The molecule has 9 heteroatoms. The summed E-state index contributed by atoms with van der Waals surface area (Å²) in [6.45, 7) is 3.73. The van der Waals surface area contributed by atoms with Crippen molar-refractivity contribution in [2.45, 2.75) is 40.2 Å². The summed E-state index contributed by atoms with van der Waals surface area (Å²) in [5, 5.41) is 0. The zero-order chi connectivity index (χ0) is 20.1. The molecule has 0 aliphatic rings. The van der Waals surface area contributed by atoms with Crippen molar-refractivity contribution in [3.05, 3.63) is 18.2 Å². The summed E-state index contributed by atoms with van der Waals surface area (Å²) in [5.74, 6) is 0.624. The van der Waals surface area contributed by atoms with Crippen molar-refractivity contribution in [3.8, 4) is 17.2 Å². The monoisotopic (exact) mass is 389 g/mol. The molecule has 0 amide bonds. The molecule has 1 radical (unpaired) electrons. The van der Waals surface area contributed by atoms with Crippen molar-refractivity contribution in [2.24, 2.45) is 0 Å². The topological polar surface area (TPSA) is 83.1 Å². The van der Waals surface area contributed by atoms with E-state index in [4.69, 9.17) is 42.6 Å². The summed E-state index contributed by atoms with van der Waals surface area (Å²) in [4.78, 5) is 0. The molecule has 155 valence electrons. The number of hydrogen-bond donors (Lipinski definition) is 0. The van der Waals surface area contributed by atoms with Crippen molar-refractivity contribution in [3.63, 3.8) is 0 Å². The van der Waals surface area contributed by atoms with Crippen LogP contribution in [0.5, 0.6) is 17.2 Å². The Morgan fingerprint density at radius 1 is 0.741 bits per heavy atom. The lowest BCUT2D eigenvalue weighted by molar-refractivity contribution is -0.247. The molecular weight excluding hydrogens is 360 g/mol. The molecule has 1 rings (SSSR count). The molecule has 0 aliphatic carbocycles. The fraction of sp³-hybridized carbons (Fsp3) is 0.667. The Labute approximate surface area is 160 Å². The SMILES string of the molecule is CCOC(OC)Oc1[c]ccc(OC(OC)OCC)c1OC(OC)OCC. The standard InChI is InChI=1S/C18H29O9/c1-7-22-16(19-4)25-13-11-10-12-14(26-17(20-5)23-8-2)15(13)27-18(21-6)24-9-3/h10-11,16-18H,7-9H2,1-6H3. The summed E-state index contributed by atoms with van der Waals surface area (Å²) in [6, 6.07) is 6.13. The zero-order valence-corrected chi connectivity index (χ0v) is 16.7. The number of methoxy groups -OCH3 is 3. The number of rotatable bonds is 15. The van der Waals surface area contributed by atoms with Gasteiger partial charge in [-0.25, -0.2) is 0 Å². The smallest absolute Gasteiger partial charge is 0.315 e. The van der Waals surface area contributed by atoms with Crippen LogP contribution in [0.1, 0.15) is 20.8 Å². The lowest BCUT2D eigenvalue weighted by Gasteiger charge is -2.24. The van der Waals surface area contributed by atoms with Crippen LogP contribution in [0.3, 0.4) is 0 Å². The molecule has 1 aromatic carbocycles. The van der Waals surface area contributed by atoms with E-state index < -0.39 is 19.4 Å². The van der Waals surface area contributed by atoms with Gasteiger partial charge in [0.25, 0.3) is 0 Å². The van der Waals surface area contributed by atoms with Gasteiger partial charge in [-0.3, -0.25) is 0 Å². The van der Waals surface area contributed by atoms with E-state index in [1.165, 1.54) is 21.3 Å². The van der Waals surface area contributed by atoms with E-state index in [0.717, 1.165) is 0 Å². The number of benzene rings is 1. The fourth-order valence-electron chi connectivity index (χ4n) is 1.89. The first-order chi connectivity index (χ1) is 13.1. The minimum absolute atomic E-state index is 0.168. The van der Waals surface area contributed by atoms with E-state index in [1.54, 1.807) is 12.1 Å². The van der Waals surface area contributed by atoms with Crippen molar-refractivity contribution in [2.75, 3.05) is 41.2 Å². The third-order valence-corrected chi connectivity index (χ3v) is 3.02. The van der Waals surface area contributed by atoms with Crippen LogP contribution in [0.2, 0.25) is 0 Å². The highest BCUT2D eigenvalue weighted by atomic mass is 16.9. The first kappa shape index (κ1) is 23.4. The molecule has 0 saturated carbocycles. The van der Waals surface area contributed by atoms with E-state index >= 15 is 0 Å². The molecular formula is C18H29O9. The molecule has 9 nitrogen and oxygen atoms in total. The molecule has 0 bridgehead atoms. The molecule has 0 aromatic heterocycles. The molecule has 0 N–H and O–H groups in total. The van der Waals surface area contributed by atoms with Crippen LogP contribution in [-0.2, 0) is 28.4 Å². The van der Waals surface area contributed by atoms with Gasteiger partial charge in [0.2, 0.25) is 5.75 Å². The normalized spacial score (nSPS) is 14.4. The van der Waals surface area contributed by atoms with Gasteiger partial charge in [0.15, 0.2) is 11.5 Å². The maximum absolute atomic E-state index is 5.77. The average molecular weight is 389 g/mol. The van der Waals surface area contributed by atoms with Crippen LogP contribution < -0.4 is 14.2 Å². The Morgan fingerprint density at radius 3 is 1.70 bits per heavy atom. The first-order valence-corrected chi connectivity index (χ1v) is 8.61. The number of ether oxygens (including phenoxy) is 9. The summed E-state index contributed by atoms with van der Waals surface area (Å²) < 4.78 is 48.7. The van der Waals surface area contributed by atoms with Crippen molar-refractivity contribution < 1.29 is 42.6 Å². The average Bonchev–Trinajstić information content (AvgIpc) is 2.68.